The van der Waals surface area contributed by atoms with E-state index in [1.165, 1.54) is 28.5 Å². The Labute approximate surface area is 206 Å². The molecule has 7 nitrogen and oxygen atoms in total. The van der Waals surface area contributed by atoms with Crippen LogP contribution in [0.2, 0.25) is 0 Å². The number of nitrogens with one attached hydrogen (secondary N) is 1. The Bertz CT molecular complexity index is 1450. The molecule has 0 spiro atoms. The monoisotopic (exact) mass is 491 g/mol. The van der Waals surface area contributed by atoms with Crippen molar-refractivity contribution < 1.29 is 9.18 Å². The van der Waals surface area contributed by atoms with Gasteiger partial charge in [0, 0.05) is 18.5 Å². The molecule has 35 heavy (non-hydrogen) atoms. The first-order valence-corrected chi connectivity index (χ1v) is 12.6. The molecule has 9 heteroatoms. The highest BCUT2D eigenvalue weighted by atomic mass is 32.2. The summed E-state index contributed by atoms with van der Waals surface area (Å²) in [5.41, 5.74) is 1.45. The molecule has 0 unspecified atom stereocenters. The minimum absolute atomic E-state index is 0.108. The number of nitrogens with zero attached hydrogens (tertiary/aromatic N) is 4. The fourth-order valence-electron chi connectivity index (χ4n) is 4.99. The van der Waals surface area contributed by atoms with E-state index in [4.69, 9.17) is 0 Å². The van der Waals surface area contributed by atoms with Gasteiger partial charge in [-0.05, 0) is 42.7 Å². The van der Waals surface area contributed by atoms with Crippen LogP contribution in [-0.2, 0) is 16.8 Å². The Balaban J connectivity index is 1.35. The first-order valence-electron chi connectivity index (χ1n) is 11.7. The highest BCUT2D eigenvalue weighted by molar-refractivity contribution is 7.99. The van der Waals surface area contributed by atoms with Gasteiger partial charge in [-0.1, -0.05) is 54.9 Å². The number of hydrogen-bond donors (Lipinski definition) is 1. The Morgan fingerprint density at radius 3 is 2.63 bits per heavy atom. The number of fused-ring (bicyclic) bond motifs is 3. The largest absolute Gasteiger partial charge is 0.354 e. The molecule has 1 saturated carbocycles. The molecule has 0 radical (unpaired) electrons. The van der Waals surface area contributed by atoms with Crippen LogP contribution in [0.15, 0.2) is 71.1 Å². The fourth-order valence-corrected chi connectivity index (χ4v) is 5.76. The number of carbonyl (C=O) groups excluding carboxylic acids is 1. The second kappa shape index (κ2) is 9.65. The van der Waals surface area contributed by atoms with Crippen molar-refractivity contribution in [2.45, 2.75) is 42.8 Å². The molecule has 5 rings (SSSR count). The number of hydrogen-bond acceptors (Lipinski definition) is 5. The van der Waals surface area contributed by atoms with Gasteiger partial charge in [-0.3, -0.25) is 18.6 Å². The molecule has 2 heterocycles. The Kier molecular flexibility index (Phi) is 6.42. The fraction of sp³-hybridized carbons (Fsp3) is 0.308. The van der Waals surface area contributed by atoms with Gasteiger partial charge in [0.05, 0.1) is 16.7 Å². The first-order chi connectivity index (χ1) is 17.0. The Morgan fingerprint density at radius 1 is 1.14 bits per heavy atom. The van der Waals surface area contributed by atoms with Gasteiger partial charge in [0.25, 0.3) is 5.56 Å². The minimum Gasteiger partial charge on any atom is -0.354 e. The highest BCUT2D eigenvalue weighted by Gasteiger charge is 2.36. The summed E-state index contributed by atoms with van der Waals surface area (Å²) in [6.07, 6.45) is 5.76. The smallest absolute Gasteiger partial charge is 0.263 e. The zero-order valence-electron chi connectivity index (χ0n) is 19.2. The van der Waals surface area contributed by atoms with Gasteiger partial charge in [0.1, 0.15) is 5.82 Å². The van der Waals surface area contributed by atoms with Crippen molar-refractivity contribution in [3.63, 3.8) is 0 Å². The second-order valence-electron chi connectivity index (χ2n) is 8.90. The molecule has 0 saturated heterocycles. The van der Waals surface area contributed by atoms with E-state index >= 15 is 0 Å². The lowest BCUT2D eigenvalue weighted by molar-refractivity contribution is -0.118. The summed E-state index contributed by atoms with van der Waals surface area (Å²) in [6.45, 7) is 4.56. The lowest BCUT2D eigenvalue weighted by atomic mass is 9.79. The predicted octanol–water partition coefficient (Wildman–Crippen LogP) is 4.09. The molecule has 180 valence electrons. The number of para-hydroxylation sites is 1. The SMILES string of the molecule is C=CCn1c(=O)c2ccccc2n2c(SCC(=O)NCC3(c4ccc(F)cc4)CCCC3)nnc12. The molecule has 2 aromatic carbocycles. The highest BCUT2D eigenvalue weighted by Crippen LogP contribution is 2.40. The van der Waals surface area contributed by atoms with Gasteiger partial charge in [-0.25, -0.2) is 4.39 Å². The topological polar surface area (TPSA) is 81.3 Å². The number of thioether (sulfide) groups is 1. The molecule has 0 aliphatic heterocycles. The van der Waals surface area contributed by atoms with Crippen molar-refractivity contribution in [1.29, 1.82) is 0 Å². The maximum absolute atomic E-state index is 13.4. The summed E-state index contributed by atoms with van der Waals surface area (Å²) >= 11 is 1.28. The van der Waals surface area contributed by atoms with E-state index in [1.807, 2.05) is 34.7 Å². The first kappa shape index (κ1) is 23.3. The van der Waals surface area contributed by atoms with Crippen LogP contribution < -0.4 is 10.9 Å². The summed E-state index contributed by atoms with van der Waals surface area (Å²) in [7, 11) is 0. The van der Waals surface area contributed by atoms with Crippen LogP contribution in [0.4, 0.5) is 4.39 Å². The molecular formula is C26H26FN5O2S. The molecule has 0 bridgehead atoms. The van der Waals surface area contributed by atoms with Crippen molar-refractivity contribution in [3.05, 3.63) is 82.9 Å². The molecular weight excluding hydrogens is 465 g/mol. The lowest BCUT2D eigenvalue weighted by Gasteiger charge is -2.30. The number of carbonyl (C=O) groups is 1. The molecule has 1 aliphatic rings. The van der Waals surface area contributed by atoms with E-state index < -0.39 is 0 Å². The Morgan fingerprint density at radius 2 is 1.89 bits per heavy atom. The standard InChI is InChI=1S/C26H26FN5O2S/c1-2-15-31-23(34)20-7-3-4-8-21(20)32-24(31)29-30-25(32)35-16-22(33)28-17-26(13-5-6-14-26)18-9-11-19(27)12-10-18/h2-4,7-12H,1,5-6,13-17H2,(H,28,33). The second-order valence-corrected chi connectivity index (χ2v) is 9.84. The van der Waals surface area contributed by atoms with E-state index in [0.717, 1.165) is 31.2 Å². The quantitative estimate of drug-likeness (QED) is 0.297. The van der Waals surface area contributed by atoms with Crippen molar-refractivity contribution in [2.24, 2.45) is 0 Å². The van der Waals surface area contributed by atoms with E-state index in [-0.39, 0.29) is 28.5 Å². The zero-order chi connectivity index (χ0) is 24.4. The normalized spacial score (nSPS) is 15.0. The zero-order valence-corrected chi connectivity index (χ0v) is 20.1. The molecule has 1 amide bonds. The third-order valence-electron chi connectivity index (χ3n) is 6.76. The summed E-state index contributed by atoms with van der Waals surface area (Å²) in [6, 6.07) is 13.9. The predicted molar refractivity (Wildman–Crippen MR) is 135 cm³/mol. The average Bonchev–Trinajstić information content (AvgIpc) is 3.53. The van der Waals surface area contributed by atoms with Crippen LogP contribution >= 0.6 is 11.8 Å². The van der Waals surface area contributed by atoms with Crippen LogP contribution in [0, 0.1) is 5.82 Å². The van der Waals surface area contributed by atoms with Crippen LogP contribution in [0.25, 0.3) is 16.7 Å². The summed E-state index contributed by atoms with van der Waals surface area (Å²) in [5.74, 6) is 0.213. The van der Waals surface area contributed by atoms with Crippen LogP contribution in [-0.4, -0.2) is 37.4 Å². The summed E-state index contributed by atoms with van der Waals surface area (Å²) in [4.78, 5) is 25.8. The average molecular weight is 492 g/mol. The van der Waals surface area contributed by atoms with Crippen molar-refractivity contribution >= 4 is 34.3 Å². The molecule has 1 fully saturated rings. The van der Waals surface area contributed by atoms with Gasteiger partial charge in [-0.15, -0.1) is 16.8 Å². The minimum atomic E-state index is -0.256. The number of amides is 1. The van der Waals surface area contributed by atoms with E-state index in [2.05, 4.69) is 22.1 Å². The van der Waals surface area contributed by atoms with E-state index in [0.29, 0.717) is 34.9 Å². The third kappa shape index (κ3) is 4.36. The summed E-state index contributed by atoms with van der Waals surface area (Å²) in [5, 5.41) is 12.7. The maximum atomic E-state index is 13.4. The van der Waals surface area contributed by atoms with Crippen molar-refractivity contribution in [2.75, 3.05) is 12.3 Å². The van der Waals surface area contributed by atoms with Gasteiger partial charge in [0.2, 0.25) is 11.7 Å². The van der Waals surface area contributed by atoms with Crippen LogP contribution in [0.5, 0.6) is 0 Å². The molecule has 2 aromatic heterocycles. The van der Waals surface area contributed by atoms with Gasteiger partial charge >= 0.3 is 0 Å². The molecule has 0 atom stereocenters. The number of halogens is 1. The summed E-state index contributed by atoms with van der Waals surface area (Å²) < 4.78 is 16.8. The van der Waals surface area contributed by atoms with Gasteiger partial charge in [0.15, 0.2) is 5.16 Å². The molecule has 1 N–H and O–H groups in total. The number of aromatic nitrogens is 4. The van der Waals surface area contributed by atoms with Crippen molar-refractivity contribution in [1.82, 2.24) is 24.5 Å². The lowest BCUT2D eigenvalue weighted by Crippen LogP contribution is -2.39. The Hall–Kier alpha value is -3.46. The van der Waals surface area contributed by atoms with Crippen molar-refractivity contribution in [3.8, 4) is 0 Å². The van der Waals surface area contributed by atoms with Gasteiger partial charge < -0.3 is 5.32 Å². The maximum Gasteiger partial charge on any atom is 0.263 e. The van der Waals surface area contributed by atoms with Crippen LogP contribution in [0.3, 0.4) is 0 Å². The van der Waals surface area contributed by atoms with E-state index in [1.54, 1.807) is 12.1 Å². The van der Waals surface area contributed by atoms with Crippen LogP contribution in [0.1, 0.15) is 31.2 Å². The number of benzene rings is 2. The number of rotatable bonds is 8. The molecule has 4 aromatic rings. The third-order valence-corrected chi connectivity index (χ3v) is 7.69. The van der Waals surface area contributed by atoms with Gasteiger partial charge in [-0.2, -0.15) is 0 Å². The molecule has 1 aliphatic carbocycles. The number of allylic oxidation sites excluding steroid dienone is 1. The van der Waals surface area contributed by atoms with E-state index in [9.17, 15) is 14.0 Å².